The molecule has 1 atom stereocenters. The van der Waals surface area contributed by atoms with Crippen LogP contribution >= 0.6 is 0 Å². The van der Waals surface area contributed by atoms with E-state index in [9.17, 15) is 0 Å². The van der Waals surface area contributed by atoms with Gasteiger partial charge in [0.2, 0.25) is 0 Å². The van der Waals surface area contributed by atoms with Gasteiger partial charge in [0, 0.05) is 0 Å². The smallest absolute Gasteiger partial charge is 0.110 e. The van der Waals surface area contributed by atoms with Gasteiger partial charge in [0.25, 0.3) is 0 Å². The van der Waals surface area contributed by atoms with Gasteiger partial charge in [-0.05, 0) is 19.1 Å². The molecule has 0 unspecified atom stereocenters. The van der Waals surface area contributed by atoms with E-state index in [1.807, 2.05) is 13.8 Å². The van der Waals surface area contributed by atoms with Crippen molar-refractivity contribution in [2.75, 3.05) is 0 Å². The summed E-state index contributed by atoms with van der Waals surface area (Å²) < 4.78 is 0. The van der Waals surface area contributed by atoms with Crippen LogP contribution in [0.3, 0.4) is 0 Å². The van der Waals surface area contributed by atoms with E-state index in [-0.39, 0.29) is 6.04 Å². The van der Waals surface area contributed by atoms with Crippen molar-refractivity contribution >= 4 is 5.71 Å². The molecular weight excluding hydrogens is 90.1 g/mol. The molecule has 3 heteroatoms. The van der Waals surface area contributed by atoms with E-state index in [1.165, 1.54) is 0 Å². The zero-order chi connectivity index (χ0) is 5.28. The predicted octanol–water partition coefficient (Wildman–Crippen LogP) is 1.22. The third-order valence-corrected chi connectivity index (χ3v) is 1.03. The first-order chi connectivity index (χ1) is 3.30. The van der Waals surface area contributed by atoms with Gasteiger partial charge in [-0.3, -0.25) is 0 Å². The van der Waals surface area contributed by atoms with E-state index < -0.39 is 0 Å². The van der Waals surface area contributed by atoms with E-state index in [2.05, 4.69) is 15.4 Å². The first-order valence-corrected chi connectivity index (χ1v) is 2.25. The molecule has 7 heavy (non-hydrogen) atoms. The van der Waals surface area contributed by atoms with Crippen molar-refractivity contribution in [1.82, 2.24) is 0 Å². The summed E-state index contributed by atoms with van der Waals surface area (Å²) in [4.78, 5) is 0. The van der Waals surface area contributed by atoms with E-state index in [0.29, 0.717) is 0 Å². The fraction of sp³-hybridized carbons (Fsp3) is 0.750. The molecule has 0 aliphatic carbocycles. The average molecular weight is 97.1 g/mol. The molecule has 1 rings (SSSR count). The first-order valence-electron chi connectivity index (χ1n) is 2.25. The number of nitrogens with zero attached hydrogens (tertiary/aromatic N) is 3. The van der Waals surface area contributed by atoms with Crippen LogP contribution in [0.5, 0.6) is 0 Å². The lowest BCUT2D eigenvalue weighted by atomic mass is 10.2. The van der Waals surface area contributed by atoms with Crippen LogP contribution in [-0.4, -0.2) is 11.8 Å². The monoisotopic (exact) mass is 97.1 g/mol. The van der Waals surface area contributed by atoms with Gasteiger partial charge in [0.1, 0.15) is 6.04 Å². The number of hydrogen-bond acceptors (Lipinski definition) is 3. The molecule has 38 valence electrons. The fourth-order valence-electron chi connectivity index (χ4n) is 0.341. The van der Waals surface area contributed by atoms with Gasteiger partial charge >= 0.3 is 0 Å². The van der Waals surface area contributed by atoms with E-state index in [0.717, 1.165) is 5.71 Å². The standard InChI is InChI=1S/C4H7N3/c1-3-4(2)6-7-5-3/h3H,1-2H3/t3-/m0/s1. The van der Waals surface area contributed by atoms with Crippen molar-refractivity contribution in [2.24, 2.45) is 15.4 Å². The maximum absolute atomic E-state index is 3.74. The lowest BCUT2D eigenvalue weighted by molar-refractivity contribution is 0.910. The zero-order valence-corrected chi connectivity index (χ0v) is 4.42. The molecule has 0 aromatic carbocycles. The van der Waals surface area contributed by atoms with Crippen LogP contribution in [0.2, 0.25) is 0 Å². The quantitative estimate of drug-likeness (QED) is 0.435. The molecule has 0 saturated carbocycles. The normalized spacial score (nSPS) is 28.3. The molecular formula is C4H7N3. The molecule has 1 aliphatic heterocycles. The van der Waals surface area contributed by atoms with Crippen LogP contribution in [0.25, 0.3) is 0 Å². The highest BCUT2D eigenvalue weighted by Crippen LogP contribution is 2.02. The van der Waals surface area contributed by atoms with Crippen LogP contribution < -0.4 is 0 Å². The minimum absolute atomic E-state index is 0.222. The highest BCUT2D eigenvalue weighted by molar-refractivity contribution is 5.87. The second-order valence-corrected chi connectivity index (χ2v) is 1.62. The second-order valence-electron chi connectivity index (χ2n) is 1.62. The molecule has 0 saturated heterocycles. The lowest BCUT2D eigenvalue weighted by Crippen LogP contribution is -2.04. The van der Waals surface area contributed by atoms with Crippen LogP contribution in [0.15, 0.2) is 15.4 Å². The summed E-state index contributed by atoms with van der Waals surface area (Å²) in [5, 5.41) is 10.9. The van der Waals surface area contributed by atoms with Gasteiger partial charge in [-0.2, -0.15) is 5.11 Å². The van der Waals surface area contributed by atoms with Crippen molar-refractivity contribution in [3.8, 4) is 0 Å². The minimum atomic E-state index is 0.222. The molecule has 3 nitrogen and oxygen atoms in total. The first kappa shape index (κ1) is 4.43. The van der Waals surface area contributed by atoms with E-state index >= 15 is 0 Å². The molecule has 1 aliphatic rings. The van der Waals surface area contributed by atoms with Gasteiger partial charge in [-0.15, -0.1) is 5.10 Å². The van der Waals surface area contributed by atoms with Crippen molar-refractivity contribution < 1.29 is 0 Å². The Hall–Kier alpha value is -0.730. The third kappa shape index (κ3) is 0.656. The number of rotatable bonds is 0. The molecule has 0 fully saturated rings. The predicted molar refractivity (Wildman–Crippen MR) is 27.4 cm³/mol. The maximum Gasteiger partial charge on any atom is 0.110 e. The van der Waals surface area contributed by atoms with E-state index in [1.54, 1.807) is 0 Å². The topological polar surface area (TPSA) is 37.1 Å². The summed E-state index contributed by atoms with van der Waals surface area (Å²) in [6.45, 7) is 3.89. The van der Waals surface area contributed by atoms with Gasteiger partial charge in [0.15, 0.2) is 0 Å². The Morgan fingerprint density at radius 1 is 1.57 bits per heavy atom. The second kappa shape index (κ2) is 1.40. The Balaban J connectivity index is 2.69. The van der Waals surface area contributed by atoms with Crippen molar-refractivity contribution in [3.05, 3.63) is 0 Å². The van der Waals surface area contributed by atoms with Gasteiger partial charge in [-0.25, -0.2) is 0 Å². The lowest BCUT2D eigenvalue weighted by Gasteiger charge is -1.89. The Kier molecular flexibility index (Phi) is 0.889. The highest BCUT2D eigenvalue weighted by atomic mass is 15.4. The summed E-state index contributed by atoms with van der Waals surface area (Å²) in [6.07, 6.45) is 0. The third-order valence-electron chi connectivity index (χ3n) is 1.03. The average Bonchev–Trinajstić information content (AvgIpc) is 1.91. The van der Waals surface area contributed by atoms with Gasteiger partial charge in [0.05, 0.1) is 5.71 Å². The number of hydrogen-bond donors (Lipinski definition) is 0. The maximum atomic E-state index is 3.74. The molecule has 1 heterocycles. The molecule has 0 bridgehead atoms. The van der Waals surface area contributed by atoms with Crippen LogP contribution in [-0.2, 0) is 0 Å². The summed E-state index contributed by atoms with van der Waals surface area (Å²) in [5.41, 5.74) is 1.00. The SMILES string of the molecule is CC1=NN=N[C@H]1C. The summed E-state index contributed by atoms with van der Waals surface area (Å²) in [7, 11) is 0. The molecule has 0 aromatic heterocycles. The van der Waals surface area contributed by atoms with Crippen molar-refractivity contribution in [1.29, 1.82) is 0 Å². The summed E-state index contributed by atoms with van der Waals surface area (Å²) >= 11 is 0. The zero-order valence-electron chi connectivity index (χ0n) is 4.42. The van der Waals surface area contributed by atoms with Crippen molar-refractivity contribution in [3.63, 3.8) is 0 Å². The molecule has 0 aromatic rings. The van der Waals surface area contributed by atoms with E-state index in [4.69, 9.17) is 0 Å². The van der Waals surface area contributed by atoms with Crippen molar-refractivity contribution in [2.45, 2.75) is 19.9 Å². The Morgan fingerprint density at radius 3 is 2.43 bits per heavy atom. The van der Waals surface area contributed by atoms with Crippen LogP contribution in [0.1, 0.15) is 13.8 Å². The largest absolute Gasteiger partial charge is 0.160 e. The Bertz CT molecular complexity index is 125. The molecule has 0 spiro atoms. The molecule has 0 N–H and O–H groups in total. The summed E-state index contributed by atoms with van der Waals surface area (Å²) in [5.74, 6) is 0. The van der Waals surface area contributed by atoms with Gasteiger partial charge < -0.3 is 0 Å². The molecule has 0 radical (unpaired) electrons. The van der Waals surface area contributed by atoms with Crippen LogP contribution in [0.4, 0.5) is 0 Å². The molecule has 0 amide bonds. The van der Waals surface area contributed by atoms with Crippen LogP contribution in [0, 0.1) is 0 Å². The highest BCUT2D eigenvalue weighted by Gasteiger charge is 2.06. The Labute approximate surface area is 42.1 Å². The minimum Gasteiger partial charge on any atom is -0.160 e. The van der Waals surface area contributed by atoms with Gasteiger partial charge in [-0.1, -0.05) is 0 Å². The fourth-order valence-corrected chi connectivity index (χ4v) is 0.341. The summed E-state index contributed by atoms with van der Waals surface area (Å²) in [6, 6.07) is 0.222. The Morgan fingerprint density at radius 2 is 2.29 bits per heavy atom.